The molecule has 0 unspecified atom stereocenters. The van der Waals surface area contributed by atoms with Crippen LogP contribution in [0.5, 0.6) is 17.2 Å². The van der Waals surface area contributed by atoms with Crippen molar-refractivity contribution in [3.63, 3.8) is 0 Å². The van der Waals surface area contributed by atoms with E-state index in [1.54, 1.807) is 12.1 Å². The third-order valence-corrected chi connectivity index (χ3v) is 10.1. The van der Waals surface area contributed by atoms with Crippen molar-refractivity contribution < 1.29 is 19.0 Å². The standard InChI is InChI=1S/C45H82N4O4/c1-4-7-10-13-16-19-22-25-28-31-36-51-42-39-41(45(50)47-34-35-48-49-46)40-43(52-37-32-29-26-23-20-17-14-11-8-5-2)44(42)53-38-33-30-27-24-21-18-15-12-9-6-3/h39-40H,4-38H2,1-3H3,(H,47,50). The highest BCUT2D eigenvalue weighted by atomic mass is 16.5. The first-order valence-corrected chi connectivity index (χ1v) is 22.5. The number of carbonyl (C=O) groups excluding carboxylic acids is 1. The average molecular weight is 743 g/mol. The van der Waals surface area contributed by atoms with Gasteiger partial charge in [0, 0.05) is 23.6 Å². The molecule has 1 rings (SSSR count). The van der Waals surface area contributed by atoms with Gasteiger partial charge < -0.3 is 19.5 Å². The summed E-state index contributed by atoms with van der Waals surface area (Å²) in [7, 11) is 0. The number of carbonyl (C=O) groups is 1. The van der Waals surface area contributed by atoms with E-state index in [9.17, 15) is 4.79 Å². The van der Waals surface area contributed by atoms with Crippen LogP contribution in [0.1, 0.15) is 224 Å². The fourth-order valence-electron chi connectivity index (χ4n) is 6.74. The molecule has 1 aromatic carbocycles. The van der Waals surface area contributed by atoms with Crippen LogP contribution in [-0.4, -0.2) is 38.8 Å². The van der Waals surface area contributed by atoms with Gasteiger partial charge in [-0.25, -0.2) is 0 Å². The number of hydrogen-bond donors (Lipinski definition) is 1. The van der Waals surface area contributed by atoms with Crippen LogP contribution in [0, 0.1) is 0 Å². The molecule has 1 amide bonds. The third-order valence-electron chi connectivity index (χ3n) is 10.1. The molecule has 0 aromatic heterocycles. The lowest BCUT2D eigenvalue weighted by molar-refractivity contribution is 0.0953. The molecule has 8 heteroatoms. The maximum atomic E-state index is 13.2. The van der Waals surface area contributed by atoms with Crippen LogP contribution in [0.25, 0.3) is 10.4 Å². The molecular weight excluding hydrogens is 661 g/mol. The number of nitrogens with zero attached hydrogens (tertiary/aromatic N) is 3. The molecule has 1 N–H and O–H groups in total. The van der Waals surface area contributed by atoms with Gasteiger partial charge in [0.2, 0.25) is 5.75 Å². The molecule has 0 aliphatic rings. The summed E-state index contributed by atoms with van der Waals surface area (Å²) in [6.45, 7) is 9.01. The molecule has 0 heterocycles. The van der Waals surface area contributed by atoms with E-state index in [1.807, 2.05) is 0 Å². The molecule has 0 aliphatic carbocycles. The summed E-state index contributed by atoms with van der Waals surface area (Å²) in [6, 6.07) is 3.58. The first kappa shape index (κ1) is 48.4. The van der Waals surface area contributed by atoms with Crippen molar-refractivity contribution in [3.8, 4) is 17.2 Å². The van der Waals surface area contributed by atoms with Crippen molar-refractivity contribution in [2.75, 3.05) is 32.9 Å². The number of rotatable bonds is 40. The molecule has 8 nitrogen and oxygen atoms in total. The first-order valence-electron chi connectivity index (χ1n) is 22.5. The van der Waals surface area contributed by atoms with E-state index in [2.05, 4.69) is 36.1 Å². The maximum absolute atomic E-state index is 13.2. The molecule has 0 aliphatic heterocycles. The Morgan fingerprint density at radius 1 is 0.528 bits per heavy atom. The van der Waals surface area contributed by atoms with Crippen LogP contribution in [-0.2, 0) is 0 Å². The minimum atomic E-state index is -0.244. The molecule has 53 heavy (non-hydrogen) atoms. The zero-order valence-electron chi connectivity index (χ0n) is 34.9. The SMILES string of the molecule is CCCCCCCCCCCCOc1cc(C(=O)NCCN=[N+]=[N-])cc(OCCCCCCCCCCCC)c1OCCCCCCCCCCCC. The average Bonchev–Trinajstić information content (AvgIpc) is 3.17. The Balaban J connectivity index is 2.84. The Morgan fingerprint density at radius 3 is 1.19 bits per heavy atom. The fraction of sp³-hybridized carbons (Fsp3) is 0.844. The van der Waals surface area contributed by atoms with E-state index in [-0.39, 0.29) is 19.0 Å². The largest absolute Gasteiger partial charge is 0.490 e. The predicted molar refractivity (Wildman–Crippen MR) is 225 cm³/mol. The number of ether oxygens (including phenoxy) is 3. The highest BCUT2D eigenvalue weighted by molar-refractivity contribution is 5.95. The summed E-state index contributed by atoms with van der Waals surface area (Å²) >= 11 is 0. The first-order chi connectivity index (χ1) is 26.2. The zero-order chi connectivity index (χ0) is 38.3. The zero-order valence-corrected chi connectivity index (χ0v) is 34.9. The van der Waals surface area contributed by atoms with E-state index >= 15 is 0 Å². The van der Waals surface area contributed by atoms with Gasteiger partial charge in [-0.15, -0.1) is 0 Å². The summed E-state index contributed by atoms with van der Waals surface area (Å²) in [5.74, 6) is 1.53. The summed E-state index contributed by atoms with van der Waals surface area (Å²) in [6.07, 6.45) is 38.0. The van der Waals surface area contributed by atoms with E-state index in [4.69, 9.17) is 19.7 Å². The molecule has 0 saturated heterocycles. The van der Waals surface area contributed by atoms with E-state index < -0.39 is 0 Å². The van der Waals surface area contributed by atoms with Crippen LogP contribution < -0.4 is 19.5 Å². The van der Waals surface area contributed by atoms with Crippen LogP contribution in [0.15, 0.2) is 17.2 Å². The Morgan fingerprint density at radius 2 is 0.849 bits per heavy atom. The van der Waals surface area contributed by atoms with Crippen molar-refractivity contribution in [1.82, 2.24) is 5.32 Å². The highest BCUT2D eigenvalue weighted by Crippen LogP contribution is 2.40. The van der Waals surface area contributed by atoms with Gasteiger partial charge in [-0.1, -0.05) is 199 Å². The van der Waals surface area contributed by atoms with Gasteiger partial charge in [0.25, 0.3) is 5.91 Å². The van der Waals surface area contributed by atoms with Gasteiger partial charge in [0.1, 0.15) is 0 Å². The van der Waals surface area contributed by atoms with Gasteiger partial charge in [0.05, 0.1) is 19.8 Å². The topological polar surface area (TPSA) is 106 Å². The predicted octanol–water partition coefficient (Wildman–Crippen LogP) is 14.6. The van der Waals surface area contributed by atoms with Gasteiger partial charge >= 0.3 is 0 Å². The van der Waals surface area contributed by atoms with Crippen molar-refractivity contribution in [2.45, 2.75) is 213 Å². The van der Waals surface area contributed by atoms with E-state index in [0.29, 0.717) is 42.6 Å². The van der Waals surface area contributed by atoms with Crippen LogP contribution in [0.2, 0.25) is 0 Å². The van der Waals surface area contributed by atoms with Gasteiger partial charge in [-0.3, -0.25) is 4.79 Å². The lowest BCUT2D eigenvalue weighted by Crippen LogP contribution is -2.26. The maximum Gasteiger partial charge on any atom is 0.251 e. The van der Waals surface area contributed by atoms with Crippen molar-refractivity contribution in [3.05, 3.63) is 28.1 Å². The molecule has 0 saturated carbocycles. The second kappa shape index (κ2) is 37.7. The summed E-state index contributed by atoms with van der Waals surface area (Å²) in [5, 5.41) is 6.42. The van der Waals surface area contributed by atoms with Crippen molar-refractivity contribution in [2.24, 2.45) is 5.11 Å². The summed E-state index contributed by atoms with van der Waals surface area (Å²) < 4.78 is 19.2. The number of nitrogens with one attached hydrogen (secondary N) is 1. The lowest BCUT2D eigenvalue weighted by atomic mass is 10.1. The molecule has 0 fully saturated rings. The number of benzene rings is 1. The Kier molecular flexibility index (Phi) is 34.4. The molecule has 0 spiro atoms. The number of amides is 1. The van der Waals surface area contributed by atoms with E-state index in [0.717, 1.165) is 38.5 Å². The summed E-state index contributed by atoms with van der Waals surface area (Å²) in [5.41, 5.74) is 9.10. The number of unbranched alkanes of at least 4 members (excludes halogenated alkanes) is 27. The molecule has 0 bridgehead atoms. The van der Waals surface area contributed by atoms with Crippen LogP contribution in [0.4, 0.5) is 0 Å². The fourth-order valence-corrected chi connectivity index (χ4v) is 6.74. The Labute approximate surface area is 326 Å². The second-order valence-electron chi connectivity index (χ2n) is 15.1. The Hall–Kier alpha value is -2.60. The minimum Gasteiger partial charge on any atom is -0.490 e. The van der Waals surface area contributed by atoms with Gasteiger partial charge in [-0.05, 0) is 36.9 Å². The highest BCUT2D eigenvalue weighted by Gasteiger charge is 2.19. The van der Waals surface area contributed by atoms with Crippen molar-refractivity contribution >= 4 is 5.91 Å². The second-order valence-corrected chi connectivity index (χ2v) is 15.1. The Bertz CT molecular complexity index is 983. The number of hydrogen-bond acceptors (Lipinski definition) is 5. The molecule has 0 atom stereocenters. The van der Waals surface area contributed by atoms with Crippen LogP contribution in [0.3, 0.4) is 0 Å². The van der Waals surface area contributed by atoms with Crippen molar-refractivity contribution in [1.29, 1.82) is 0 Å². The molecule has 0 radical (unpaired) electrons. The quantitative estimate of drug-likeness (QED) is 0.0313. The van der Waals surface area contributed by atoms with Crippen LogP contribution >= 0.6 is 0 Å². The summed E-state index contributed by atoms with van der Waals surface area (Å²) in [4.78, 5) is 16.0. The lowest BCUT2D eigenvalue weighted by Gasteiger charge is -2.19. The molecule has 306 valence electrons. The molecular formula is C45H82N4O4. The third kappa shape index (κ3) is 28.5. The smallest absolute Gasteiger partial charge is 0.251 e. The molecule has 1 aromatic rings. The van der Waals surface area contributed by atoms with Gasteiger partial charge in [0.15, 0.2) is 11.5 Å². The van der Waals surface area contributed by atoms with Gasteiger partial charge in [-0.2, -0.15) is 0 Å². The van der Waals surface area contributed by atoms with E-state index in [1.165, 1.54) is 154 Å². The number of azide groups is 1. The minimum absolute atomic E-state index is 0.201. The monoisotopic (exact) mass is 743 g/mol. The normalized spacial score (nSPS) is 11.0.